The van der Waals surface area contributed by atoms with Crippen LogP contribution in [0.25, 0.3) is 0 Å². The molecular weight excluding hydrogens is 245 g/mol. The third-order valence-corrected chi connectivity index (χ3v) is 3.25. The lowest BCUT2D eigenvalue weighted by molar-refractivity contribution is 0.445. The van der Waals surface area contributed by atoms with Crippen molar-refractivity contribution in [2.75, 3.05) is 18.0 Å². The van der Waals surface area contributed by atoms with Gasteiger partial charge in [0.05, 0.1) is 4.47 Å². The summed E-state index contributed by atoms with van der Waals surface area (Å²) in [6.45, 7) is 6.31. The minimum Gasteiger partial charge on any atom is -0.371 e. The van der Waals surface area contributed by atoms with E-state index in [0.717, 1.165) is 30.3 Å². The Morgan fingerprint density at radius 2 is 2.07 bits per heavy atom. The molecule has 76 valence electrons. The molecular formula is C11H13BrFN. The SMILES string of the molecule is Cc1cc(Br)c(F)cc1N1CC(C)C1. The fourth-order valence-corrected chi connectivity index (χ4v) is 2.33. The number of benzene rings is 1. The van der Waals surface area contributed by atoms with E-state index in [2.05, 4.69) is 27.8 Å². The topological polar surface area (TPSA) is 3.24 Å². The van der Waals surface area contributed by atoms with Crippen molar-refractivity contribution < 1.29 is 4.39 Å². The number of halogens is 2. The summed E-state index contributed by atoms with van der Waals surface area (Å²) in [6, 6.07) is 3.46. The van der Waals surface area contributed by atoms with Gasteiger partial charge in [-0.15, -0.1) is 0 Å². The molecule has 2 rings (SSSR count). The number of rotatable bonds is 1. The van der Waals surface area contributed by atoms with Gasteiger partial charge >= 0.3 is 0 Å². The lowest BCUT2D eigenvalue weighted by Gasteiger charge is -2.40. The largest absolute Gasteiger partial charge is 0.371 e. The molecule has 0 aliphatic carbocycles. The van der Waals surface area contributed by atoms with E-state index in [1.54, 1.807) is 6.07 Å². The third kappa shape index (κ3) is 1.65. The highest BCUT2D eigenvalue weighted by molar-refractivity contribution is 9.10. The zero-order valence-corrected chi connectivity index (χ0v) is 9.94. The number of aryl methyl sites for hydroxylation is 1. The maximum Gasteiger partial charge on any atom is 0.139 e. The van der Waals surface area contributed by atoms with Crippen LogP contribution in [0.15, 0.2) is 16.6 Å². The summed E-state index contributed by atoms with van der Waals surface area (Å²) < 4.78 is 13.9. The predicted molar refractivity (Wildman–Crippen MR) is 60.2 cm³/mol. The van der Waals surface area contributed by atoms with Gasteiger partial charge in [0.15, 0.2) is 0 Å². The maximum absolute atomic E-state index is 13.3. The molecule has 0 saturated carbocycles. The van der Waals surface area contributed by atoms with E-state index in [0.29, 0.717) is 4.47 Å². The summed E-state index contributed by atoms with van der Waals surface area (Å²) in [5.74, 6) is 0.561. The van der Waals surface area contributed by atoms with Gasteiger partial charge < -0.3 is 4.90 Å². The highest BCUT2D eigenvalue weighted by Gasteiger charge is 2.24. The molecule has 1 saturated heterocycles. The molecule has 1 nitrogen and oxygen atoms in total. The first-order chi connectivity index (χ1) is 6.58. The van der Waals surface area contributed by atoms with Crippen LogP contribution >= 0.6 is 15.9 Å². The summed E-state index contributed by atoms with van der Waals surface area (Å²) in [7, 11) is 0. The van der Waals surface area contributed by atoms with E-state index in [4.69, 9.17) is 0 Å². The van der Waals surface area contributed by atoms with Crippen molar-refractivity contribution in [2.24, 2.45) is 5.92 Å². The van der Waals surface area contributed by atoms with Crippen LogP contribution in [0.3, 0.4) is 0 Å². The molecule has 0 unspecified atom stereocenters. The van der Waals surface area contributed by atoms with Crippen LogP contribution in [0, 0.1) is 18.7 Å². The predicted octanol–water partition coefficient (Wildman–Crippen LogP) is 3.35. The van der Waals surface area contributed by atoms with E-state index >= 15 is 0 Å². The highest BCUT2D eigenvalue weighted by Crippen LogP contribution is 2.31. The summed E-state index contributed by atoms with van der Waals surface area (Å²) in [6.07, 6.45) is 0. The Morgan fingerprint density at radius 3 is 2.64 bits per heavy atom. The normalized spacial score (nSPS) is 17.0. The Balaban J connectivity index is 2.30. The summed E-state index contributed by atoms with van der Waals surface area (Å²) in [5, 5.41) is 0. The molecule has 0 atom stereocenters. The minimum atomic E-state index is -0.176. The van der Waals surface area contributed by atoms with Crippen molar-refractivity contribution in [3.63, 3.8) is 0 Å². The molecule has 0 N–H and O–H groups in total. The maximum atomic E-state index is 13.3. The van der Waals surface area contributed by atoms with Crippen LogP contribution in [-0.2, 0) is 0 Å². The third-order valence-electron chi connectivity index (χ3n) is 2.64. The molecule has 1 heterocycles. The molecule has 1 fully saturated rings. The second-order valence-corrected chi connectivity index (χ2v) is 4.92. The van der Waals surface area contributed by atoms with E-state index in [1.807, 2.05) is 13.0 Å². The number of anilines is 1. The van der Waals surface area contributed by atoms with Gasteiger partial charge in [-0.3, -0.25) is 0 Å². The molecule has 1 aromatic carbocycles. The van der Waals surface area contributed by atoms with Crippen molar-refractivity contribution >= 4 is 21.6 Å². The molecule has 1 aliphatic heterocycles. The number of hydrogen-bond donors (Lipinski definition) is 0. The summed E-state index contributed by atoms with van der Waals surface area (Å²) in [5.41, 5.74) is 2.16. The molecule has 0 amide bonds. The minimum absolute atomic E-state index is 0.176. The summed E-state index contributed by atoms with van der Waals surface area (Å²) >= 11 is 3.19. The van der Waals surface area contributed by atoms with E-state index in [-0.39, 0.29) is 5.82 Å². The number of nitrogens with zero attached hydrogens (tertiary/aromatic N) is 1. The van der Waals surface area contributed by atoms with Crippen LogP contribution in [0.2, 0.25) is 0 Å². The van der Waals surface area contributed by atoms with Crippen LogP contribution in [0.1, 0.15) is 12.5 Å². The lowest BCUT2D eigenvalue weighted by Crippen LogP contribution is -2.45. The van der Waals surface area contributed by atoms with Crippen LogP contribution in [0.4, 0.5) is 10.1 Å². The molecule has 0 bridgehead atoms. The van der Waals surface area contributed by atoms with Gasteiger partial charge in [-0.1, -0.05) is 6.92 Å². The molecule has 0 spiro atoms. The average Bonchev–Trinajstić information content (AvgIpc) is 2.07. The lowest BCUT2D eigenvalue weighted by atomic mass is 10.0. The quantitative estimate of drug-likeness (QED) is 0.746. The Kier molecular flexibility index (Phi) is 2.52. The van der Waals surface area contributed by atoms with Gasteiger partial charge in [-0.05, 0) is 46.5 Å². The van der Waals surface area contributed by atoms with Crippen molar-refractivity contribution in [1.82, 2.24) is 0 Å². The molecule has 1 aromatic rings. The Morgan fingerprint density at radius 1 is 1.43 bits per heavy atom. The first-order valence-corrected chi connectivity index (χ1v) is 5.58. The molecule has 14 heavy (non-hydrogen) atoms. The zero-order chi connectivity index (χ0) is 10.3. The van der Waals surface area contributed by atoms with Gasteiger partial charge in [-0.25, -0.2) is 4.39 Å². The van der Waals surface area contributed by atoms with Crippen molar-refractivity contribution in [3.8, 4) is 0 Å². The Bertz CT molecular complexity index is 359. The van der Waals surface area contributed by atoms with Gasteiger partial charge in [0.2, 0.25) is 0 Å². The average molecular weight is 258 g/mol. The molecule has 3 heteroatoms. The zero-order valence-electron chi connectivity index (χ0n) is 8.35. The smallest absolute Gasteiger partial charge is 0.139 e. The van der Waals surface area contributed by atoms with Crippen LogP contribution < -0.4 is 4.90 Å². The van der Waals surface area contributed by atoms with E-state index < -0.39 is 0 Å². The van der Waals surface area contributed by atoms with Gasteiger partial charge in [-0.2, -0.15) is 0 Å². The van der Waals surface area contributed by atoms with Crippen molar-refractivity contribution in [1.29, 1.82) is 0 Å². The van der Waals surface area contributed by atoms with E-state index in [1.165, 1.54) is 0 Å². The van der Waals surface area contributed by atoms with Gasteiger partial charge in [0, 0.05) is 18.8 Å². The fourth-order valence-electron chi connectivity index (χ4n) is 1.87. The fraction of sp³-hybridized carbons (Fsp3) is 0.455. The monoisotopic (exact) mass is 257 g/mol. The van der Waals surface area contributed by atoms with Crippen LogP contribution in [0.5, 0.6) is 0 Å². The second kappa shape index (κ2) is 3.54. The molecule has 0 radical (unpaired) electrons. The van der Waals surface area contributed by atoms with Crippen molar-refractivity contribution in [2.45, 2.75) is 13.8 Å². The first-order valence-electron chi connectivity index (χ1n) is 4.78. The standard InChI is InChI=1S/C11H13BrFN/c1-7-5-14(6-7)11-4-10(13)9(12)3-8(11)2/h3-4,7H,5-6H2,1-2H3. The van der Waals surface area contributed by atoms with E-state index in [9.17, 15) is 4.39 Å². The summed E-state index contributed by atoms with van der Waals surface area (Å²) in [4.78, 5) is 2.22. The van der Waals surface area contributed by atoms with Crippen molar-refractivity contribution in [3.05, 3.63) is 28.0 Å². The number of hydrogen-bond acceptors (Lipinski definition) is 1. The molecule has 1 aliphatic rings. The second-order valence-electron chi connectivity index (χ2n) is 4.06. The van der Waals surface area contributed by atoms with Crippen LogP contribution in [-0.4, -0.2) is 13.1 Å². The Labute approximate surface area is 92.0 Å². The van der Waals surface area contributed by atoms with Gasteiger partial charge in [0.1, 0.15) is 5.82 Å². The molecule has 0 aromatic heterocycles. The highest BCUT2D eigenvalue weighted by atomic mass is 79.9. The van der Waals surface area contributed by atoms with Gasteiger partial charge in [0.25, 0.3) is 0 Å². The first kappa shape index (κ1) is 9.97. The Hall–Kier alpha value is -0.570.